The molecule has 0 heterocycles. The second kappa shape index (κ2) is 6.61. The summed E-state index contributed by atoms with van der Waals surface area (Å²) in [4.78, 5) is 11.8. The van der Waals surface area contributed by atoms with Gasteiger partial charge in [0.15, 0.2) is 0 Å². The molecule has 0 aliphatic rings. The summed E-state index contributed by atoms with van der Waals surface area (Å²) in [5.74, 6) is -0.431. The van der Waals surface area contributed by atoms with Gasteiger partial charge in [0.25, 0.3) is 5.91 Å². The summed E-state index contributed by atoms with van der Waals surface area (Å²) in [6.07, 6.45) is -4.57. The van der Waals surface area contributed by atoms with E-state index in [2.05, 4.69) is 21.2 Å². The first-order valence-corrected chi connectivity index (χ1v) is 6.79. The van der Waals surface area contributed by atoms with Crippen molar-refractivity contribution in [3.8, 4) is 0 Å². The third kappa shape index (κ3) is 4.69. The van der Waals surface area contributed by atoms with Gasteiger partial charge in [-0.25, -0.2) is 0 Å². The molecule has 0 fully saturated rings. The monoisotopic (exact) mass is 357 g/mol. The summed E-state index contributed by atoms with van der Waals surface area (Å²) >= 11 is 8.53. The summed E-state index contributed by atoms with van der Waals surface area (Å²) in [5, 5.41) is 2.44. The van der Waals surface area contributed by atoms with Gasteiger partial charge in [0.1, 0.15) is 0 Å². The predicted octanol–water partition coefficient (Wildman–Crippen LogP) is 4.07. The maximum Gasteiger partial charge on any atom is 0.417 e. The van der Waals surface area contributed by atoms with Crippen LogP contribution in [0.1, 0.15) is 22.8 Å². The van der Waals surface area contributed by atoms with Crippen molar-refractivity contribution in [2.24, 2.45) is 5.92 Å². The van der Waals surface area contributed by atoms with Crippen molar-refractivity contribution in [2.75, 3.05) is 12.4 Å². The lowest BCUT2D eigenvalue weighted by atomic mass is 10.1. The first-order chi connectivity index (χ1) is 8.75. The van der Waals surface area contributed by atoms with Crippen LogP contribution in [0.4, 0.5) is 13.2 Å². The van der Waals surface area contributed by atoms with Crippen molar-refractivity contribution in [3.05, 3.63) is 33.8 Å². The fourth-order valence-corrected chi connectivity index (χ4v) is 1.84. The second-order valence-electron chi connectivity index (χ2n) is 4.16. The Hall–Kier alpha value is -0.750. The molecule has 0 bridgehead atoms. The molecule has 0 spiro atoms. The molecule has 1 amide bonds. The van der Waals surface area contributed by atoms with Gasteiger partial charge in [0.05, 0.1) is 11.1 Å². The Morgan fingerprint density at radius 3 is 2.63 bits per heavy atom. The van der Waals surface area contributed by atoms with E-state index < -0.39 is 23.2 Å². The molecule has 2 nitrogen and oxygen atoms in total. The molecule has 0 saturated heterocycles. The van der Waals surface area contributed by atoms with Crippen LogP contribution in [-0.4, -0.2) is 18.3 Å². The van der Waals surface area contributed by atoms with E-state index in [0.29, 0.717) is 5.88 Å². The fourth-order valence-electron chi connectivity index (χ4n) is 1.37. The molecular formula is C12H12BrClF3NO. The van der Waals surface area contributed by atoms with Gasteiger partial charge < -0.3 is 5.32 Å². The lowest BCUT2D eigenvalue weighted by molar-refractivity contribution is -0.138. The smallest absolute Gasteiger partial charge is 0.352 e. The van der Waals surface area contributed by atoms with Crippen LogP contribution in [0.3, 0.4) is 0 Å². The molecule has 1 rings (SSSR count). The van der Waals surface area contributed by atoms with Crippen LogP contribution in [0.25, 0.3) is 0 Å². The minimum Gasteiger partial charge on any atom is -0.352 e. The van der Waals surface area contributed by atoms with E-state index in [1.165, 1.54) is 6.07 Å². The van der Waals surface area contributed by atoms with Gasteiger partial charge >= 0.3 is 6.18 Å². The molecule has 1 aromatic carbocycles. The van der Waals surface area contributed by atoms with E-state index in [1.54, 1.807) is 6.92 Å². The van der Waals surface area contributed by atoms with E-state index in [4.69, 9.17) is 11.6 Å². The van der Waals surface area contributed by atoms with Gasteiger partial charge in [-0.1, -0.05) is 22.9 Å². The first kappa shape index (κ1) is 16.3. The van der Waals surface area contributed by atoms with Crippen LogP contribution in [-0.2, 0) is 6.18 Å². The lowest BCUT2D eigenvalue weighted by Crippen LogP contribution is -2.30. The van der Waals surface area contributed by atoms with E-state index in [-0.39, 0.29) is 16.9 Å². The minimum atomic E-state index is -4.57. The Balaban J connectivity index is 2.97. The van der Waals surface area contributed by atoms with Crippen molar-refractivity contribution in [1.29, 1.82) is 0 Å². The molecule has 1 aromatic rings. The number of rotatable bonds is 4. The molecule has 106 valence electrons. The van der Waals surface area contributed by atoms with Crippen molar-refractivity contribution in [3.63, 3.8) is 0 Å². The molecule has 7 heteroatoms. The maximum atomic E-state index is 12.8. The Morgan fingerprint density at radius 2 is 2.11 bits per heavy atom. The highest BCUT2D eigenvalue weighted by atomic mass is 79.9. The van der Waals surface area contributed by atoms with Gasteiger partial charge in [-0.3, -0.25) is 4.79 Å². The number of benzene rings is 1. The largest absolute Gasteiger partial charge is 0.417 e. The van der Waals surface area contributed by atoms with Crippen LogP contribution in [0.15, 0.2) is 22.7 Å². The van der Waals surface area contributed by atoms with Gasteiger partial charge in [-0.05, 0) is 24.1 Å². The van der Waals surface area contributed by atoms with Gasteiger partial charge in [0, 0.05) is 16.9 Å². The summed E-state index contributed by atoms with van der Waals surface area (Å²) in [5.41, 5.74) is -1.35. The molecule has 1 N–H and O–H groups in total. The topological polar surface area (TPSA) is 29.1 Å². The van der Waals surface area contributed by atoms with Gasteiger partial charge in [-0.2, -0.15) is 13.2 Å². The quantitative estimate of drug-likeness (QED) is 0.808. The molecule has 0 aliphatic heterocycles. The number of hydrogen-bond acceptors (Lipinski definition) is 1. The summed E-state index contributed by atoms with van der Waals surface area (Å²) in [7, 11) is 0. The standard InChI is InChI=1S/C12H12BrClF3NO/c1-7(5-14)6-18-11(19)9-3-2-8(13)4-10(9)12(15,16)17/h2-4,7H,5-6H2,1H3,(H,18,19). The van der Waals surface area contributed by atoms with E-state index >= 15 is 0 Å². The van der Waals surface area contributed by atoms with Crippen molar-refractivity contribution >= 4 is 33.4 Å². The molecule has 19 heavy (non-hydrogen) atoms. The zero-order valence-electron chi connectivity index (χ0n) is 10.0. The zero-order chi connectivity index (χ0) is 14.6. The number of carbonyl (C=O) groups is 1. The van der Waals surface area contributed by atoms with Crippen LogP contribution in [0.2, 0.25) is 0 Å². The Morgan fingerprint density at radius 1 is 1.47 bits per heavy atom. The summed E-state index contributed by atoms with van der Waals surface area (Å²) in [6.45, 7) is 2.02. The Labute approximate surface area is 122 Å². The summed E-state index contributed by atoms with van der Waals surface area (Å²) < 4.78 is 38.8. The average molecular weight is 359 g/mol. The highest BCUT2D eigenvalue weighted by Crippen LogP contribution is 2.33. The van der Waals surface area contributed by atoms with Crippen molar-refractivity contribution < 1.29 is 18.0 Å². The van der Waals surface area contributed by atoms with Crippen molar-refractivity contribution in [1.82, 2.24) is 5.32 Å². The number of hydrogen-bond donors (Lipinski definition) is 1. The van der Waals surface area contributed by atoms with Crippen LogP contribution in [0.5, 0.6) is 0 Å². The highest BCUT2D eigenvalue weighted by Gasteiger charge is 2.35. The first-order valence-electron chi connectivity index (χ1n) is 5.46. The van der Waals surface area contributed by atoms with Crippen molar-refractivity contribution in [2.45, 2.75) is 13.1 Å². The van der Waals surface area contributed by atoms with E-state index in [1.807, 2.05) is 0 Å². The molecule has 0 radical (unpaired) electrons. The number of carbonyl (C=O) groups excluding carboxylic acids is 1. The van der Waals surface area contributed by atoms with Crippen LogP contribution >= 0.6 is 27.5 Å². The molecule has 0 aliphatic carbocycles. The zero-order valence-corrected chi connectivity index (χ0v) is 12.4. The normalized spacial score (nSPS) is 13.2. The van der Waals surface area contributed by atoms with E-state index in [0.717, 1.165) is 12.1 Å². The van der Waals surface area contributed by atoms with Crippen LogP contribution < -0.4 is 5.32 Å². The lowest BCUT2D eigenvalue weighted by Gasteiger charge is -2.14. The van der Waals surface area contributed by atoms with Crippen LogP contribution in [0, 0.1) is 5.92 Å². The third-order valence-electron chi connectivity index (χ3n) is 2.41. The molecule has 1 atom stereocenters. The highest BCUT2D eigenvalue weighted by molar-refractivity contribution is 9.10. The second-order valence-corrected chi connectivity index (χ2v) is 5.38. The molecular weight excluding hydrogens is 346 g/mol. The number of amides is 1. The number of nitrogens with one attached hydrogen (secondary N) is 1. The number of alkyl halides is 4. The predicted molar refractivity (Wildman–Crippen MR) is 71.4 cm³/mol. The number of halogens is 5. The van der Waals surface area contributed by atoms with E-state index in [9.17, 15) is 18.0 Å². The summed E-state index contributed by atoms with van der Waals surface area (Å²) in [6, 6.07) is 3.43. The molecule has 0 saturated carbocycles. The molecule has 0 aromatic heterocycles. The Bertz CT molecular complexity index is 465. The Kier molecular flexibility index (Phi) is 5.67. The maximum absolute atomic E-state index is 12.8. The SMILES string of the molecule is CC(CCl)CNC(=O)c1ccc(Br)cc1C(F)(F)F. The molecule has 1 unspecified atom stereocenters. The third-order valence-corrected chi connectivity index (χ3v) is 3.43. The fraction of sp³-hybridized carbons (Fsp3) is 0.417. The minimum absolute atomic E-state index is 0.00426. The average Bonchev–Trinajstić information content (AvgIpc) is 2.34. The van der Waals surface area contributed by atoms with Gasteiger partial charge in [-0.15, -0.1) is 11.6 Å². The van der Waals surface area contributed by atoms with Gasteiger partial charge in [0.2, 0.25) is 0 Å².